The molecular weight excluding hydrogens is 231 g/mol. The molecule has 0 spiro atoms. The number of carbonyl (C=O) groups is 1. The van der Waals surface area contributed by atoms with Gasteiger partial charge in [0.15, 0.2) is 0 Å². The van der Waals surface area contributed by atoms with Crippen LogP contribution in [-0.4, -0.2) is 24.4 Å². The Labute approximate surface area is 107 Å². The normalized spacial score (nSPS) is 10.8. The zero-order chi connectivity index (χ0) is 13.8. The van der Waals surface area contributed by atoms with Crippen molar-refractivity contribution < 1.29 is 9.18 Å². The molecule has 0 radical (unpaired) electrons. The summed E-state index contributed by atoms with van der Waals surface area (Å²) in [5, 5.41) is 8.89. The van der Waals surface area contributed by atoms with Crippen LogP contribution in [0.5, 0.6) is 0 Å². The van der Waals surface area contributed by atoms with Crippen molar-refractivity contribution in [2.75, 3.05) is 13.6 Å². The lowest BCUT2D eigenvalue weighted by atomic mass is 9.94. The van der Waals surface area contributed by atoms with Crippen LogP contribution >= 0.6 is 0 Å². The number of hydrogen-bond donors (Lipinski definition) is 0. The molecule has 1 aromatic rings. The van der Waals surface area contributed by atoms with E-state index in [4.69, 9.17) is 5.26 Å². The largest absolute Gasteiger partial charge is 0.344 e. The molecule has 0 aliphatic heterocycles. The molecule has 1 aromatic carbocycles. The highest BCUT2D eigenvalue weighted by atomic mass is 19.1. The molecule has 96 valence electrons. The van der Waals surface area contributed by atoms with Gasteiger partial charge in [0.25, 0.3) is 0 Å². The number of amides is 1. The van der Waals surface area contributed by atoms with E-state index in [-0.39, 0.29) is 11.7 Å². The van der Waals surface area contributed by atoms with Gasteiger partial charge in [0, 0.05) is 13.6 Å². The smallest absolute Gasteiger partial charge is 0.242 e. The van der Waals surface area contributed by atoms with Crippen LogP contribution in [0.4, 0.5) is 4.39 Å². The fourth-order valence-corrected chi connectivity index (χ4v) is 1.62. The number of halogens is 1. The Bertz CT molecular complexity index is 477. The molecule has 0 aliphatic carbocycles. The van der Waals surface area contributed by atoms with Crippen LogP contribution in [0.25, 0.3) is 0 Å². The predicted molar refractivity (Wildman–Crippen MR) is 67.1 cm³/mol. The van der Waals surface area contributed by atoms with Crippen LogP contribution in [0.15, 0.2) is 24.3 Å². The van der Waals surface area contributed by atoms with Gasteiger partial charge in [-0.25, -0.2) is 4.39 Å². The third-order valence-electron chi connectivity index (χ3n) is 2.84. The minimum absolute atomic E-state index is 0.249. The lowest BCUT2D eigenvalue weighted by Gasteiger charge is -2.24. The zero-order valence-electron chi connectivity index (χ0n) is 10.9. The Morgan fingerprint density at radius 2 is 2.06 bits per heavy atom. The van der Waals surface area contributed by atoms with Crippen molar-refractivity contribution in [1.82, 2.24) is 4.90 Å². The summed E-state index contributed by atoms with van der Waals surface area (Å²) in [7, 11) is 1.63. The number of carbonyl (C=O) groups excluding carboxylic acids is 1. The third-order valence-corrected chi connectivity index (χ3v) is 2.84. The van der Waals surface area contributed by atoms with E-state index in [0.29, 0.717) is 18.5 Å². The van der Waals surface area contributed by atoms with E-state index < -0.39 is 5.41 Å². The maximum absolute atomic E-state index is 13.4. The molecule has 0 heterocycles. The molecule has 0 saturated carbocycles. The first-order valence-corrected chi connectivity index (χ1v) is 5.78. The Morgan fingerprint density at radius 1 is 1.44 bits per heavy atom. The molecule has 1 amide bonds. The van der Waals surface area contributed by atoms with E-state index in [2.05, 4.69) is 0 Å². The summed E-state index contributed by atoms with van der Waals surface area (Å²) in [5.41, 5.74) is -0.462. The predicted octanol–water partition coefficient (Wildman–Crippen LogP) is 2.38. The standard InChI is InChI=1S/C14H17FN2O/c1-14(2,10-16)13(18)17(3)9-8-11-6-4-5-7-12(11)15/h4-7H,8-9H2,1-3H3. The lowest BCUT2D eigenvalue weighted by Crippen LogP contribution is -2.38. The maximum Gasteiger partial charge on any atom is 0.242 e. The van der Waals surface area contributed by atoms with Gasteiger partial charge in [-0.2, -0.15) is 5.26 Å². The summed E-state index contributed by atoms with van der Waals surface area (Å²) < 4.78 is 13.4. The number of nitriles is 1. The second-order valence-corrected chi connectivity index (χ2v) is 4.80. The van der Waals surface area contributed by atoms with Crippen molar-refractivity contribution in [1.29, 1.82) is 5.26 Å². The van der Waals surface area contributed by atoms with E-state index in [0.717, 1.165) is 0 Å². The highest BCUT2D eigenvalue weighted by Crippen LogP contribution is 2.17. The van der Waals surface area contributed by atoms with Crippen LogP contribution in [-0.2, 0) is 11.2 Å². The Morgan fingerprint density at radius 3 is 2.61 bits per heavy atom. The minimum atomic E-state index is -1.04. The van der Waals surface area contributed by atoms with Crippen LogP contribution in [0.1, 0.15) is 19.4 Å². The van der Waals surface area contributed by atoms with Crippen LogP contribution < -0.4 is 0 Å². The quantitative estimate of drug-likeness (QED) is 0.821. The van der Waals surface area contributed by atoms with Crippen molar-refractivity contribution in [2.24, 2.45) is 5.41 Å². The fourth-order valence-electron chi connectivity index (χ4n) is 1.62. The van der Waals surface area contributed by atoms with Gasteiger partial charge >= 0.3 is 0 Å². The molecule has 0 atom stereocenters. The summed E-state index contributed by atoms with van der Waals surface area (Å²) in [5.74, 6) is -0.515. The Kier molecular flexibility index (Phi) is 4.43. The van der Waals surface area contributed by atoms with E-state index in [1.165, 1.54) is 11.0 Å². The molecule has 0 aromatic heterocycles. The minimum Gasteiger partial charge on any atom is -0.344 e. The van der Waals surface area contributed by atoms with Gasteiger partial charge in [0.2, 0.25) is 5.91 Å². The van der Waals surface area contributed by atoms with E-state index in [1.807, 2.05) is 6.07 Å². The Balaban J connectivity index is 2.63. The Hall–Kier alpha value is -1.89. The average molecular weight is 248 g/mol. The van der Waals surface area contributed by atoms with Gasteiger partial charge in [0.05, 0.1) is 6.07 Å². The first-order valence-electron chi connectivity index (χ1n) is 5.78. The van der Waals surface area contributed by atoms with Gasteiger partial charge < -0.3 is 4.90 Å². The molecule has 18 heavy (non-hydrogen) atoms. The summed E-state index contributed by atoms with van der Waals surface area (Å²) in [6.45, 7) is 3.55. The van der Waals surface area contributed by atoms with Gasteiger partial charge in [-0.05, 0) is 31.9 Å². The summed E-state index contributed by atoms with van der Waals surface area (Å²) >= 11 is 0. The van der Waals surface area contributed by atoms with Gasteiger partial charge in [-0.15, -0.1) is 0 Å². The fraction of sp³-hybridized carbons (Fsp3) is 0.429. The van der Waals surface area contributed by atoms with Crippen molar-refractivity contribution in [3.8, 4) is 6.07 Å². The third kappa shape index (κ3) is 3.30. The second-order valence-electron chi connectivity index (χ2n) is 4.80. The number of likely N-dealkylation sites (N-methyl/N-ethyl adjacent to an activating group) is 1. The molecule has 0 bridgehead atoms. The zero-order valence-corrected chi connectivity index (χ0v) is 10.9. The number of hydrogen-bond acceptors (Lipinski definition) is 2. The van der Waals surface area contributed by atoms with E-state index in [9.17, 15) is 9.18 Å². The monoisotopic (exact) mass is 248 g/mol. The van der Waals surface area contributed by atoms with E-state index >= 15 is 0 Å². The first kappa shape index (κ1) is 14.2. The van der Waals surface area contributed by atoms with Gasteiger partial charge in [-0.1, -0.05) is 18.2 Å². The molecule has 0 unspecified atom stereocenters. The topological polar surface area (TPSA) is 44.1 Å². The molecule has 4 heteroatoms. The molecule has 0 aliphatic rings. The summed E-state index contributed by atoms with van der Waals surface area (Å²) in [6, 6.07) is 8.46. The van der Waals surface area contributed by atoms with Crippen LogP contribution in [0.3, 0.4) is 0 Å². The van der Waals surface area contributed by atoms with Crippen molar-refractivity contribution >= 4 is 5.91 Å². The number of rotatable bonds is 4. The van der Waals surface area contributed by atoms with Crippen molar-refractivity contribution in [3.05, 3.63) is 35.6 Å². The second kappa shape index (κ2) is 5.63. The van der Waals surface area contributed by atoms with Gasteiger partial charge in [-0.3, -0.25) is 4.79 Å². The molecule has 1 rings (SSSR count). The van der Waals surface area contributed by atoms with Crippen molar-refractivity contribution in [3.63, 3.8) is 0 Å². The first-order chi connectivity index (χ1) is 8.38. The number of benzene rings is 1. The summed E-state index contributed by atoms with van der Waals surface area (Å²) in [4.78, 5) is 13.4. The molecular formula is C14H17FN2O. The molecule has 0 saturated heterocycles. The lowest BCUT2D eigenvalue weighted by molar-refractivity contribution is -0.136. The molecule has 3 nitrogen and oxygen atoms in total. The van der Waals surface area contributed by atoms with Crippen LogP contribution in [0, 0.1) is 22.6 Å². The number of nitrogens with zero attached hydrogens (tertiary/aromatic N) is 2. The molecule has 0 N–H and O–H groups in total. The van der Waals surface area contributed by atoms with E-state index in [1.54, 1.807) is 39.1 Å². The SMILES string of the molecule is CN(CCc1ccccc1F)C(=O)C(C)(C)C#N. The highest BCUT2D eigenvalue weighted by Gasteiger charge is 2.30. The van der Waals surface area contributed by atoms with Crippen LogP contribution in [0.2, 0.25) is 0 Å². The highest BCUT2D eigenvalue weighted by molar-refractivity contribution is 5.84. The van der Waals surface area contributed by atoms with Crippen molar-refractivity contribution in [2.45, 2.75) is 20.3 Å². The molecule has 0 fully saturated rings. The van der Waals surface area contributed by atoms with Gasteiger partial charge in [0.1, 0.15) is 11.2 Å². The average Bonchev–Trinajstić information content (AvgIpc) is 2.36. The summed E-state index contributed by atoms with van der Waals surface area (Å²) in [6.07, 6.45) is 0.441. The maximum atomic E-state index is 13.4.